The first-order valence-electron chi connectivity index (χ1n) is 6.25. The van der Waals surface area contributed by atoms with Gasteiger partial charge in [-0.15, -0.1) is 0 Å². The lowest BCUT2D eigenvalue weighted by Crippen LogP contribution is -2.13. The maximum Gasteiger partial charge on any atom is 0.118 e. The van der Waals surface area contributed by atoms with Crippen molar-refractivity contribution in [3.63, 3.8) is 0 Å². The van der Waals surface area contributed by atoms with Gasteiger partial charge in [-0.3, -0.25) is 0 Å². The molecule has 1 aromatic carbocycles. The van der Waals surface area contributed by atoms with Gasteiger partial charge in [0.15, 0.2) is 0 Å². The Morgan fingerprint density at radius 1 is 1.05 bits per heavy atom. The Kier molecular flexibility index (Phi) is 3.84. The second-order valence-electron chi connectivity index (χ2n) is 4.73. The van der Waals surface area contributed by atoms with Crippen molar-refractivity contribution in [3.05, 3.63) is 52.9 Å². The van der Waals surface area contributed by atoms with Gasteiger partial charge in [0.05, 0.1) is 13.2 Å². The molecule has 2 aliphatic heterocycles. The first-order valence-corrected chi connectivity index (χ1v) is 9.47. The summed E-state index contributed by atoms with van der Waals surface area (Å²) in [6.45, 7) is 1.55. The summed E-state index contributed by atoms with van der Waals surface area (Å²) in [6, 6.07) is 8.73. The van der Waals surface area contributed by atoms with Crippen molar-refractivity contribution in [2.45, 2.75) is 19.4 Å². The van der Waals surface area contributed by atoms with Crippen LogP contribution in [-0.2, 0) is 15.7 Å². The fraction of sp³-hybridized carbons (Fsp3) is 0.286. The number of hydrogen-bond donors (Lipinski definition) is 0. The fourth-order valence-corrected chi connectivity index (χ4v) is 8.08. The zero-order valence-corrected chi connectivity index (χ0v) is 12.3. The Morgan fingerprint density at radius 3 is 2.89 bits per heavy atom. The molecule has 1 aromatic rings. The summed E-state index contributed by atoms with van der Waals surface area (Å²) in [7, 11) is -1.17. The third-order valence-corrected chi connectivity index (χ3v) is 9.03. The van der Waals surface area contributed by atoms with E-state index in [2.05, 4.69) is 36.4 Å². The van der Waals surface area contributed by atoms with Crippen LogP contribution in [0.25, 0.3) is 0 Å². The van der Waals surface area contributed by atoms with E-state index in [-0.39, 0.29) is 5.48 Å². The molecule has 5 heteroatoms. The molecular weight excluding hydrogens is 278 g/mol. The summed E-state index contributed by atoms with van der Waals surface area (Å²) in [5, 5.41) is 2.74. The highest BCUT2D eigenvalue weighted by Crippen LogP contribution is 2.76. The maximum atomic E-state index is 6.11. The third kappa shape index (κ3) is 2.42. The molecule has 0 saturated heterocycles. The molecule has 0 saturated carbocycles. The Balaban J connectivity index is 0.00000110. The van der Waals surface area contributed by atoms with Crippen LogP contribution in [0.1, 0.15) is 18.4 Å². The van der Waals surface area contributed by atoms with Crippen LogP contribution < -0.4 is 5.30 Å². The molecular formula is C14H16O3P2. The van der Waals surface area contributed by atoms with E-state index >= 15 is 0 Å². The minimum Gasteiger partial charge on any atom is -0.412 e. The molecule has 100 valence electrons. The highest BCUT2D eigenvalue weighted by atomic mass is 32.1. The van der Waals surface area contributed by atoms with Gasteiger partial charge in [0.25, 0.3) is 0 Å². The van der Waals surface area contributed by atoms with E-state index in [1.807, 2.05) is 0 Å². The molecule has 0 spiro atoms. The highest BCUT2D eigenvalue weighted by molar-refractivity contribution is 8.30. The van der Waals surface area contributed by atoms with Crippen LogP contribution in [0, 0.1) is 0 Å². The summed E-state index contributed by atoms with van der Waals surface area (Å²) in [4.78, 5) is 0. The molecule has 2 atom stereocenters. The lowest BCUT2D eigenvalue weighted by Gasteiger charge is -2.34. The van der Waals surface area contributed by atoms with E-state index in [4.69, 9.17) is 9.05 Å². The van der Waals surface area contributed by atoms with Crippen molar-refractivity contribution in [1.82, 2.24) is 0 Å². The first-order chi connectivity index (χ1) is 8.90. The van der Waals surface area contributed by atoms with Gasteiger partial charge in [-0.1, -0.05) is 30.4 Å². The molecule has 3 aliphatic rings. The van der Waals surface area contributed by atoms with Gasteiger partial charge in [0, 0.05) is 10.6 Å². The van der Waals surface area contributed by atoms with Gasteiger partial charge in [-0.25, -0.2) is 0 Å². The van der Waals surface area contributed by atoms with Gasteiger partial charge in [0.2, 0.25) is 0 Å². The van der Waals surface area contributed by atoms with Crippen LogP contribution in [-0.4, -0.2) is 12.1 Å². The van der Waals surface area contributed by atoms with E-state index in [1.165, 1.54) is 34.6 Å². The minimum absolute atomic E-state index is 0. The summed E-state index contributed by atoms with van der Waals surface area (Å²) in [5.41, 5.74) is 2.74. The molecule has 2 heterocycles. The standard InChI is InChI=1S/C14H14O2P2.H2O/c1-3-11-7-13(5-1)17(15-9-11)18-14-6-2-4-12(8-14)10-16-18;/h1,3,5-8H,2,4,9-10H2;1H2. The topological polar surface area (TPSA) is 50.0 Å². The zero-order chi connectivity index (χ0) is 11.9. The number of hydrogen-bond acceptors (Lipinski definition) is 2. The Labute approximate surface area is 115 Å². The Morgan fingerprint density at radius 2 is 1.95 bits per heavy atom. The smallest absolute Gasteiger partial charge is 0.118 e. The van der Waals surface area contributed by atoms with Gasteiger partial charge in [-0.2, -0.15) is 0 Å². The van der Waals surface area contributed by atoms with Gasteiger partial charge in [0.1, 0.15) is 15.7 Å². The molecule has 0 fully saturated rings. The summed E-state index contributed by atoms with van der Waals surface area (Å²) < 4.78 is 12.2. The summed E-state index contributed by atoms with van der Waals surface area (Å²) in [5.74, 6) is 0. The highest BCUT2D eigenvalue weighted by Gasteiger charge is 2.34. The second-order valence-corrected chi connectivity index (χ2v) is 9.55. The number of benzene rings is 1. The van der Waals surface area contributed by atoms with Crippen LogP contribution >= 0.6 is 15.7 Å². The average molecular weight is 294 g/mol. The van der Waals surface area contributed by atoms with Crippen molar-refractivity contribution in [3.8, 4) is 0 Å². The molecule has 4 bridgehead atoms. The van der Waals surface area contributed by atoms with Crippen LogP contribution in [0.5, 0.6) is 0 Å². The van der Waals surface area contributed by atoms with Crippen molar-refractivity contribution in [2.24, 2.45) is 0 Å². The van der Waals surface area contributed by atoms with Crippen molar-refractivity contribution >= 4 is 21.0 Å². The minimum atomic E-state index is -0.596. The maximum absolute atomic E-state index is 6.11. The van der Waals surface area contributed by atoms with E-state index in [1.54, 1.807) is 0 Å². The zero-order valence-electron chi connectivity index (χ0n) is 10.5. The molecule has 3 nitrogen and oxygen atoms in total. The van der Waals surface area contributed by atoms with Crippen LogP contribution in [0.15, 0.2) is 47.3 Å². The molecule has 0 radical (unpaired) electrons. The second kappa shape index (κ2) is 5.44. The van der Waals surface area contributed by atoms with Gasteiger partial charge < -0.3 is 14.5 Å². The third-order valence-electron chi connectivity index (χ3n) is 3.41. The normalized spacial score (nSPS) is 28.0. The Bertz CT molecular complexity index is 553. The predicted molar refractivity (Wildman–Crippen MR) is 79.7 cm³/mol. The lowest BCUT2D eigenvalue weighted by molar-refractivity contribution is 0.342. The number of fused-ring (bicyclic) bond motifs is 3. The van der Waals surface area contributed by atoms with E-state index in [0.29, 0.717) is 0 Å². The Hall–Kier alpha value is -0.560. The molecule has 2 N–H and O–H groups in total. The van der Waals surface area contributed by atoms with Crippen molar-refractivity contribution in [2.75, 3.05) is 6.61 Å². The molecule has 4 rings (SSSR count). The molecule has 1 aliphatic carbocycles. The molecule has 2 unspecified atom stereocenters. The number of rotatable bonds is 1. The van der Waals surface area contributed by atoms with E-state index in [9.17, 15) is 0 Å². The van der Waals surface area contributed by atoms with E-state index < -0.39 is 15.7 Å². The van der Waals surface area contributed by atoms with E-state index in [0.717, 1.165) is 13.2 Å². The van der Waals surface area contributed by atoms with Crippen molar-refractivity contribution in [1.29, 1.82) is 0 Å². The van der Waals surface area contributed by atoms with Crippen molar-refractivity contribution < 1.29 is 14.5 Å². The van der Waals surface area contributed by atoms with Crippen LogP contribution in [0.4, 0.5) is 0 Å². The molecule has 19 heavy (non-hydrogen) atoms. The molecule has 0 aromatic heterocycles. The van der Waals surface area contributed by atoms with Gasteiger partial charge >= 0.3 is 0 Å². The van der Waals surface area contributed by atoms with Crippen LogP contribution in [0.2, 0.25) is 0 Å². The molecule has 0 amide bonds. The number of allylic oxidation sites excluding steroid dienone is 3. The fourth-order valence-electron chi connectivity index (χ4n) is 2.50. The first kappa shape index (κ1) is 13.4. The summed E-state index contributed by atoms with van der Waals surface area (Å²) in [6.07, 6.45) is 7.04. The lowest BCUT2D eigenvalue weighted by atomic mass is 10.1. The quantitative estimate of drug-likeness (QED) is 0.746. The SMILES string of the molecule is C1=C2CCC=C1P(P1OCc3cccc1c3)OC2.O. The largest absolute Gasteiger partial charge is 0.412 e. The van der Waals surface area contributed by atoms with Gasteiger partial charge in [-0.05, 0) is 30.0 Å². The average Bonchev–Trinajstić information content (AvgIpc) is 2.41. The monoisotopic (exact) mass is 294 g/mol. The summed E-state index contributed by atoms with van der Waals surface area (Å²) >= 11 is 0. The van der Waals surface area contributed by atoms with Crippen LogP contribution in [0.3, 0.4) is 0 Å². The predicted octanol–water partition coefficient (Wildman–Crippen LogP) is 3.36.